The van der Waals surface area contributed by atoms with E-state index < -0.39 is 0 Å². The topological polar surface area (TPSA) is 84.2 Å². The van der Waals surface area contributed by atoms with E-state index in [9.17, 15) is 4.79 Å². The minimum absolute atomic E-state index is 0.235. The lowest BCUT2D eigenvalue weighted by molar-refractivity contribution is -0.133. The Morgan fingerprint density at radius 1 is 1.03 bits per heavy atom. The first-order valence-corrected chi connectivity index (χ1v) is 11.0. The number of amides is 1. The highest BCUT2D eigenvalue weighted by Crippen LogP contribution is 2.36. The van der Waals surface area contributed by atoms with Crippen LogP contribution in [-0.2, 0) is 4.79 Å². The number of methoxy groups -OCH3 is 2. The van der Waals surface area contributed by atoms with E-state index in [0.717, 1.165) is 68.7 Å². The van der Waals surface area contributed by atoms with Crippen LogP contribution >= 0.6 is 0 Å². The van der Waals surface area contributed by atoms with Gasteiger partial charge in [-0.1, -0.05) is 0 Å². The van der Waals surface area contributed by atoms with E-state index in [-0.39, 0.29) is 11.8 Å². The number of hydrogen-bond donors (Lipinski definition) is 1. The number of nitrogens with zero attached hydrogens (tertiary/aromatic N) is 4. The Balaban J connectivity index is 1.42. The molecule has 0 unspecified atom stereocenters. The summed E-state index contributed by atoms with van der Waals surface area (Å²) in [5, 5.41) is 0.929. The summed E-state index contributed by atoms with van der Waals surface area (Å²) in [5.41, 5.74) is 8.84. The molecule has 2 aliphatic heterocycles. The molecular weight excluding hydrogens is 394 g/mol. The minimum Gasteiger partial charge on any atom is -0.493 e. The molecule has 1 amide bonds. The van der Waals surface area contributed by atoms with Crippen LogP contribution in [0.5, 0.6) is 11.5 Å². The van der Waals surface area contributed by atoms with Crippen molar-refractivity contribution in [3.63, 3.8) is 0 Å². The van der Waals surface area contributed by atoms with Crippen LogP contribution in [0.15, 0.2) is 18.2 Å². The number of piperazine rings is 1. The number of benzene rings is 1. The standard InChI is InChI=1S/C23H33N5O3/c1-26-8-10-27(11-9-26)15-22(29)28-6-4-16(5-7-28)23-18(24)12-17-13-20(30-2)21(31-3)14-19(17)25-23/h12-14,16H,4-11,15,24H2,1-3H3. The summed E-state index contributed by atoms with van der Waals surface area (Å²) >= 11 is 0. The smallest absolute Gasteiger partial charge is 0.236 e. The second-order valence-electron chi connectivity index (χ2n) is 8.60. The van der Waals surface area contributed by atoms with E-state index >= 15 is 0 Å². The number of carbonyl (C=O) groups excluding carboxylic acids is 1. The maximum atomic E-state index is 12.8. The lowest BCUT2D eigenvalue weighted by Gasteiger charge is -2.36. The molecule has 0 aliphatic carbocycles. The average molecular weight is 428 g/mol. The van der Waals surface area contributed by atoms with Crippen LogP contribution in [0.4, 0.5) is 5.69 Å². The van der Waals surface area contributed by atoms with Gasteiger partial charge in [0.25, 0.3) is 0 Å². The van der Waals surface area contributed by atoms with Gasteiger partial charge < -0.3 is 25.0 Å². The van der Waals surface area contributed by atoms with Crippen LogP contribution in [-0.4, -0.2) is 92.7 Å². The largest absolute Gasteiger partial charge is 0.493 e. The number of aromatic nitrogens is 1. The zero-order valence-electron chi connectivity index (χ0n) is 18.8. The third-order valence-corrected chi connectivity index (χ3v) is 6.57. The fraction of sp³-hybridized carbons (Fsp3) is 0.565. The molecule has 0 radical (unpaired) electrons. The van der Waals surface area contributed by atoms with Crippen molar-refractivity contribution >= 4 is 22.5 Å². The van der Waals surface area contributed by atoms with Gasteiger partial charge >= 0.3 is 0 Å². The summed E-state index contributed by atoms with van der Waals surface area (Å²) in [4.78, 5) is 24.2. The molecule has 2 aromatic rings. The predicted octanol–water partition coefficient (Wildman–Crippen LogP) is 1.79. The Labute approximate surface area is 183 Å². The molecule has 168 valence electrons. The SMILES string of the molecule is COc1cc2cc(N)c(C3CCN(C(=O)CN4CCN(C)CC4)CC3)nc2cc1OC. The number of fused-ring (bicyclic) bond motifs is 1. The highest BCUT2D eigenvalue weighted by Gasteiger charge is 2.27. The summed E-state index contributed by atoms with van der Waals surface area (Å²) in [5.74, 6) is 1.81. The number of hydrogen-bond acceptors (Lipinski definition) is 7. The number of rotatable bonds is 5. The molecule has 1 aromatic carbocycles. The molecule has 1 aromatic heterocycles. The molecular formula is C23H33N5O3. The molecule has 0 atom stereocenters. The normalized spacial score (nSPS) is 19.0. The molecule has 2 fully saturated rings. The second-order valence-corrected chi connectivity index (χ2v) is 8.60. The Hall–Kier alpha value is -2.58. The van der Waals surface area contributed by atoms with Gasteiger partial charge in [-0.25, -0.2) is 0 Å². The zero-order valence-corrected chi connectivity index (χ0v) is 18.8. The first-order chi connectivity index (χ1) is 15.0. The summed E-state index contributed by atoms with van der Waals surface area (Å²) in [6, 6.07) is 5.76. The van der Waals surface area contributed by atoms with Crippen LogP contribution in [0, 0.1) is 0 Å². The van der Waals surface area contributed by atoms with Gasteiger partial charge in [0, 0.05) is 56.6 Å². The van der Waals surface area contributed by atoms with Crippen LogP contribution in [0.2, 0.25) is 0 Å². The highest BCUT2D eigenvalue weighted by molar-refractivity contribution is 5.86. The fourth-order valence-electron chi connectivity index (χ4n) is 4.56. The van der Waals surface area contributed by atoms with Gasteiger partial charge in [0.2, 0.25) is 5.91 Å². The molecule has 0 bridgehead atoms. The van der Waals surface area contributed by atoms with Crippen molar-refractivity contribution in [2.75, 3.05) is 72.8 Å². The molecule has 0 saturated carbocycles. The molecule has 4 rings (SSSR count). The van der Waals surface area contributed by atoms with Crippen molar-refractivity contribution in [2.45, 2.75) is 18.8 Å². The van der Waals surface area contributed by atoms with Crippen molar-refractivity contribution in [1.82, 2.24) is 19.7 Å². The predicted molar refractivity (Wildman–Crippen MR) is 122 cm³/mol. The van der Waals surface area contributed by atoms with Crippen molar-refractivity contribution in [1.29, 1.82) is 0 Å². The van der Waals surface area contributed by atoms with Crippen LogP contribution in [0.1, 0.15) is 24.5 Å². The number of carbonyl (C=O) groups is 1. The number of pyridine rings is 1. The zero-order chi connectivity index (χ0) is 22.0. The molecule has 31 heavy (non-hydrogen) atoms. The van der Waals surface area contributed by atoms with Gasteiger partial charge in [0.1, 0.15) is 0 Å². The summed E-state index contributed by atoms with van der Waals surface area (Å²) < 4.78 is 10.8. The second kappa shape index (κ2) is 9.28. The Kier molecular flexibility index (Phi) is 6.48. The lowest BCUT2D eigenvalue weighted by Crippen LogP contribution is -2.50. The maximum Gasteiger partial charge on any atom is 0.236 e. The van der Waals surface area contributed by atoms with E-state index in [2.05, 4.69) is 16.8 Å². The maximum absolute atomic E-state index is 12.8. The van der Waals surface area contributed by atoms with Gasteiger partial charge in [0.05, 0.1) is 37.7 Å². The molecule has 2 N–H and O–H groups in total. The molecule has 2 aliphatic rings. The van der Waals surface area contributed by atoms with Crippen molar-refractivity contribution in [3.8, 4) is 11.5 Å². The number of likely N-dealkylation sites (tertiary alicyclic amines) is 1. The average Bonchev–Trinajstić information content (AvgIpc) is 2.79. The van der Waals surface area contributed by atoms with Crippen LogP contribution in [0.3, 0.4) is 0 Å². The van der Waals surface area contributed by atoms with Gasteiger partial charge in [-0.3, -0.25) is 14.7 Å². The number of nitrogen functional groups attached to an aromatic ring is 1. The summed E-state index contributed by atoms with van der Waals surface area (Å²) in [6.07, 6.45) is 1.76. The van der Waals surface area contributed by atoms with Crippen LogP contribution < -0.4 is 15.2 Å². The van der Waals surface area contributed by atoms with Gasteiger partial charge in [-0.05, 0) is 32.0 Å². The van der Waals surface area contributed by atoms with Gasteiger partial charge in [-0.15, -0.1) is 0 Å². The molecule has 8 heteroatoms. The highest BCUT2D eigenvalue weighted by atomic mass is 16.5. The summed E-state index contributed by atoms with van der Waals surface area (Å²) in [6.45, 7) is 6.01. The molecule has 2 saturated heterocycles. The number of anilines is 1. The first-order valence-electron chi connectivity index (χ1n) is 11.0. The summed E-state index contributed by atoms with van der Waals surface area (Å²) in [7, 11) is 5.37. The molecule has 8 nitrogen and oxygen atoms in total. The fourth-order valence-corrected chi connectivity index (χ4v) is 4.56. The Morgan fingerprint density at radius 2 is 1.68 bits per heavy atom. The van der Waals surface area contributed by atoms with E-state index in [4.69, 9.17) is 20.2 Å². The van der Waals surface area contributed by atoms with Crippen molar-refractivity contribution in [2.24, 2.45) is 0 Å². The van der Waals surface area contributed by atoms with E-state index in [1.165, 1.54) is 0 Å². The first kappa shape index (κ1) is 21.6. The van der Waals surface area contributed by atoms with Crippen molar-refractivity contribution < 1.29 is 14.3 Å². The van der Waals surface area contributed by atoms with Gasteiger partial charge in [-0.2, -0.15) is 0 Å². The van der Waals surface area contributed by atoms with Crippen molar-refractivity contribution in [3.05, 3.63) is 23.9 Å². The quantitative estimate of drug-likeness (QED) is 0.779. The molecule has 0 spiro atoms. The van der Waals surface area contributed by atoms with E-state index in [0.29, 0.717) is 23.7 Å². The van der Waals surface area contributed by atoms with Crippen LogP contribution in [0.25, 0.3) is 10.9 Å². The monoisotopic (exact) mass is 427 g/mol. The Bertz CT molecular complexity index is 934. The minimum atomic E-state index is 0.235. The number of nitrogens with two attached hydrogens (primary N) is 1. The third kappa shape index (κ3) is 4.70. The van der Waals surface area contributed by atoms with Gasteiger partial charge in [0.15, 0.2) is 11.5 Å². The number of piperidine rings is 1. The lowest BCUT2D eigenvalue weighted by atomic mass is 9.91. The Morgan fingerprint density at radius 3 is 2.32 bits per heavy atom. The number of ether oxygens (including phenoxy) is 2. The van der Waals surface area contributed by atoms with E-state index in [1.807, 2.05) is 23.1 Å². The van der Waals surface area contributed by atoms with E-state index in [1.54, 1.807) is 14.2 Å². The third-order valence-electron chi connectivity index (χ3n) is 6.57. The number of likely N-dealkylation sites (N-methyl/N-ethyl adjacent to an activating group) is 1. The molecule has 3 heterocycles.